The van der Waals surface area contributed by atoms with Crippen molar-refractivity contribution in [3.63, 3.8) is 0 Å². The predicted molar refractivity (Wildman–Crippen MR) is 215 cm³/mol. The first-order valence-corrected chi connectivity index (χ1v) is 20.6. The molecular weight excluding hydrogens is 675 g/mol. The average molecular weight is 738 g/mol. The van der Waals surface area contributed by atoms with Crippen molar-refractivity contribution in [1.29, 1.82) is 0 Å². The Morgan fingerprint density at radius 1 is 0.981 bits per heavy atom. The number of aromatic nitrogens is 2. The van der Waals surface area contributed by atoms with Gasteiger partial charge in [-0.15, -0.1) is 0 Å². The highest BCUT2D eigenvalue weighted by molar-refractivity contribution is 5.87. The molecule has 4 atom stereocenters. The van der Waals surface area contributed by atoms with Crippen LogP contribution in [-0.4, -0.2) is 77.9 Å². The maximum absolute atomic E-state index is 14.6. The summed E-state index contributed by atoms with van der Waals surface area (Å²) in [5.41, 5.74) is 4.93. The number of aryl methyl sites for hydroxylation is 1. The van der Waals surface area contributed by atoms with Crippen LogP contribution >= 0.6 is 0 Å². The maximum Gasteiger partial charge on any atom is 0.225 e. The van der Waals surface area contributed by atoms with E-state index in [1.54, 1.807) is 13.3 Å². The Labute approximate surface area is 323 Å². The molecule has 9 heteroatoms. The molecule has 2 fully saturated rings. The molecule has 4 heterocycles. The van der Waals surface area contributed by atoms with Crippen molar-refractivity contribution in [2.45, 2.75) is 98.1 Å². The van der Waals surface area contributed by atoms with E-state index in [0.717, 1.165) is 113 Å². The van der Waals surface area contributed by atoms with Crippen molar-refractivity contribution >= 4 is 11.6 Å². The van der Waals surface area contributed by atoms with Gasteiger partial charge >= 0.3 is 0 Å². The normalized spacial score (nSPS) is 21.1. The fourth-order valence-corrected chi connectivity index (χ4v) is 8.52. The zero-order chi connectivity index (χ0) is 37.7. The Kier molecular flexibility index (Phi) is 14.8. The van der Waals surface area contributed by atoms with E-state index < -0.39 is 0 Å². The van der Waals surface area contributed by atoms with E-state index in [1.165, 1.54) is 17.7 Å². The van der Waals surface area contributed by atoms with Gasteiger partial charge < -0.3 is 19.1 Å². The summed E-state index contributed by atoms with van der Waals surface area (Å²) in [4.78, 5) is 33.2. The lowest BCUT2D eigenvalue weighted by Crippen LogP contribution is -2.40. The zero-order valence-electron chi connectivity index (χ0n) is 33.3. The third kappa shape index (κ3) is 11.5. The number of hydrogen-bond donors (Lipinski definition) is 0. The highest BCUT2D eigenvalue weighted by Gasteiger charge is 2.32. The van der Waals surface area contributed by atoms with Crippen LogP contribution < -0.4 is 14.2 Å². The quantitative estimate of drug-likeness (QED) is 0.129. The minimum absolute atomic E-state index is 0.0418. The lowest BCUT2D eigenvalue weighted by Gasteiger charge is -2.34. The number of nitrogens with zero attached hydrogens (tertiary/aromatic N) is 5. The van der Waals surface area contributed by atoms with Crippen LogP contribution in [0.3, 0.4) is 0 Å². The number of carbonyl (C=O) groups excluding carboxylic acids is 1. The van der Waals surface area contributed by atoms with Gasteiger partial charge in [0.15, 0.2) is 11.5 Å². The van der Waals surface area contributed by atoms with E-state index in [4.69, 9.17) is 19.2 Å². The average Bonchev–Trinajstić information content (AvgIpc) is 3.52. The molecule has 0 spiro atoms. The molecule has 292 valence electrons. The lowest BCUT2D eigenvalue weighted by atomic mass is 9.78. The lowest BCUT2D eigenvalue weighted by molar-refractivity contribution is -0.138. The number of ether oxygens (including phenoxy) is 3. The maximum atomic E-state index is 14.6. The van der Waals surface area contributed by atoms with Gasteiger partial charge in [0, 0.05) is 80.8 Å². The van der Waals surface area contributed by atoms with Crippen LogP contribution in [0.25, 0.3) is 0 Å². The molecule has 0 bridgehead atoms. The van der Waals surface area contributed by atoms with Crippen molar-refractivity contribution in [2.24, 2.45) is 34.6 Å². The number of carbonyl (C=O) groups is 1. The Balaban J connectivity index is 1.12. The molecule has 4 unspecified atom stereocenters. The molecule has 1 amide bonds. The van der Waals surface area contributed by atoms with Gasteiger partial charge in [0.2, 0.25) is 11.8 Å². The minimum Gasteiger partial charge on any atom is -0.490 e. The molecule has 3 aliphatic rings. The third-order valence-corrected chi connectivity index (χ3v) is 11.5. The summed E-state index contributed by atoms with van der Waals surface area (Å²) in [7, 11) is 1.69. The molecule has 2 aromatic heterocycles. The molecule has 1 aromatic carbocycles. The van der Waals surface area contributed by atoms with Gasteiger partial charge in [-0.1, -0.05) is 45.7 Å². The van der Waals surface area contributed by atoms with Gasteiger partial charge in [-0.2, -0.15) is 0 Å². The van der Waals surface area contributed by atoms with Crippen LogP contribution in [0.5, 0.6) is 17.4 Å². The summed E-state index contributed by atoms with van der Waals surface area (Å²) in [6, 6.07) is 14.5. The summed E-state index contributed by atoms with van der Waals surface area (Å²) >= 11 is 0. The van der Waals surface area contributed by atoms with Crippen LogP contribution in [0.4, 0.5) is 0 Å². The van der Waals surface area contributed by atoms with Gasteiger partial charge in [0.1, 0.15) is 0 Å². The second-order valence-corrected chi connectivity index (χ2v) is 16.4. The molecule has 0 N–H and O–H groups in total. The molecule has 2 aliphatic heterocycles. The van der Waals surface area contributed by atoms with E-state index >= 15 is 0 Å². The standard InChI is InChI=1S/C45H63N5O4/c1-33(2)28-48-41(40-19-23-49(32-40)30-36-17-21-46-22-18-36)15-11-34(3)29-50(31-37-13-16-42-43(27-37)54-25-7-24-53-42)45(51)39-9-5-8-35(26-39)12-14-38-10-6-20-47-44(38)52-4/h6,10,13,16-18,20-22,27,33-35,39-40H,5,7-9,11-12,14-15,19,23-26,28-32H2,1-4H3. The summed E-state index contributed by atoms with van der Waals surface area (Å²) in [6.07, 6.45) is 15.7. The van der Waals surface area contributed by atoms with Gasteiger partial charge in [-0.25, -0.2) is 4.98 Å². The van der Waals surface area contributed by atoms with Crippen molar-refractivity contribution in [3.8, 4) is 17.4 Å². The second-order valence-electron chi connectivity index (χ2n) is 16.4. The Morgan fingerprint density at radius 3 is 2.63 bits per heavy atom. The fourth-order valence-electron chi connectivity index (χ4n) is 8.52. The van der Waals surface area contributed by atoms with Crippen LogP contribution in [0.2, 0.25) is 0 Å². The Bertz CT molecular complexity index is 1650. The van der Waals surface area contributed by atoms with Crippen molar-refractivity contribution < 1.29 is 19.0 Å². The molecule has 1 saturated carbocycles. The predicted octanol–water partition coefficient (Wildman–Crippen LogP) is 8.45. The Hall–Kier alpha value is -3.98. The number of methoxy groups -OCH3 is 1. The molecule has 9 nitrogen and oxygen atoms in total. The SMILES string of the molecule is COc1ncccc1CCC1CCCC(C(=O)N(Cc2ccc3c(c2)OCCCO3)CC(C)CCC(=NCC(C)C)C2CCN(Cc3ccncc3)C2)C1. The molecule has 1 saturated heterocycles. The number of rotatable bonds is 17. The van der Waals surface area contributed by atoms with Crippen LogP contribution in [0.15, 0.2) is 66.0 Å². The van der Waals surface area contributed by atoms with Crippen LogP contribution in [-0.2, 0) is 24.3 Å². The second kappa shape index (κ2) is 20.1. The number of likely N-dealkylation sites (tertiary alicyclic amines) is 1. The van der Waals surface area contributed by atoms with Gasteiger partial charge in [-0.05, 0) is 111 Å². The molecular formula is C45H63N5O4. The zero-order valence-corrected chi connectivity index (χ0v) is 33.3. The van der Waals surface area contributed by atoms with Gasteiger partial charge in [0.25, 0.3) is 0 Å². The van der Waals surface area contributed by atoms with Crippen molar-refractivity contribution in [1.82, 2.24) is 19.8 Å². The molecule has 54 heavy (non-hydrogen) atoms. The first-order chi connectivity index (χ1) is 26.3. The number of amides is 1. The number of hydrogen-bond acceptors (Lipinski definition) is 8. The van der Waals surface area contributed by atoms with Gasteiger partial charge in [-0.3, -0.25) is 19.7 Å². The Morgan fingerprint density at radius 2 is 1.81 bits per heavy atom. The summed E-state index contributed by atoms with van der Waals surface area (Å²) in [5, 5.41) is 0. The smallest absolute Gasteiger partial charge is 0.225 e. The highest BCUT2D eigenvalue weighted by Crippen LogP contribution is 2.36. The van der Waals surface area contributed by atoms with Gasteiger partial charge in [0.05, 0.1) is 20.3 Å². The number of fused-ring (bicyclic) bond motifs is 1. The minimum atomic E-state index is 0.0418. The number of aliphatic imine (C=N–C) groups is 1. The van der Waals surface area contributed by atoms with E-state index in [-0.39, 0.29) is 5.92 Å². The summed E-state index contributed by atoms with van der Waals surface area (Å²) in [6.45, 7) is 13.4. The highest BCUT2D eigenvalue weighted by atomic mass is 16.5. The van der Waals surface area contributed by atoms with Crippen LogP contribution in [0, 0.1) is 29.6 Å². The van der Waals surface area contributed by atoms with Crippen molar-refractivity contribution in [2.75, 3.05) is 46.5 Å². The molecule has 3 aromatic rings. The first-order valence-electron chi connectivity index (χ1n) is 20.6. The van der Waals surface area contributed by atoms with Crippen molar-refractivity contribution in [3.05, 3.63) is 77.7 Å². The van der Waals surface area contributed by atoms with E-state index in [0.29, 0.717) is 55.2 Å². The first kappa shape index (κ1) is 39.7. The fraction of sp³-hybridized carbons (Fsp3) is 0.600. The summed E-state index contributed by atoms with van der Waals surface area (Å²) < 4.78 is 17.5. The number of pyridine rings is 2. The third-order valence-electron chi connectivity index (χ3n) is 11.5. The molecule has 6 rings (SSSR count). The van der Waals surface area contributed by atoms with E-state index in [9.17, 15) is 4.79 Å². The van der Waals surface area contributed by atoms with E-state index in [1.807, 2.05) is 24.5 Å². The monoisotopic (exact) mass is 737 g/mol. The topological polar surface area (TPSA) is 89.4 Å². The molecule has 1 aliphatic carbocycles. The molecule has 0 radical (unpaired) electrons. The number of benzene rings is 1. The van der Waals surface area contributed by atoms with E-state index in [2.05, 4.69) is 70.9 Å². The largest absolute Gasteiger partial charge is 0.490 e. The van der Waals surface area contributed by atoms with Crippen LogP contribution in [0.1, 0.15) is 95.2 Å². The summed E-state index contributed by atoms with van der Waals surface area (Å²) in [5.74, 6) is 4.50.